The van der Waals surface area contributed by atoms with Crippen molar-refractivity contribution in [1.82, 2.24) is 9.97 Å². The van der Waals surface area contributed by atoms with Crippen molar-refractivity contribution < 1.29 is 9.13 Å². The lowest BCUT2D eigenvalue weighted by atomic mass is 10.3. The van der Waals surface area contributed by atoms with E-state index in [4.69, 9.17) is 16.3 Å². The number of benzene rings is 1. The summed E-state index contributed by atoms with van der Waals surface area (Å²) in [5.41, 5.74) is 0. The van der Waals surface area contributed by atoms with Crippen LogP contribution in [0.5, 0.6) is 11.6 Å². The van der Waals surface area contributed by atoms with Crippen LogP contribution in [0.4, 0.5) is 4.39 Å². The standard InChI is InChI=1S/C10H6ClFN2O/c11-9-10(14-6-5-13-9)15-8-4-2-1-3-7(8)12/h1-6H. The summed E-state index contributed by atoms with van der Waals surface area (Å²) >= 11 is 5.71. The van der Waals surface area contributed by atoms with Crippen LogP contribution in [-0.4, -0.2) is 9.97 Å². The topological polar surface area (TPSA) is 35.0 Å². The van der Waals surface area contributed by atoms with Crippen molar-refractivity contribution in [2.45, 2.75) is 0 Å². The third-order valence-corrected chi connectivity index (χ3v) is 1.93. The molecule has 0 saturated carbocycles. The zero-order valence-electron chi connectivity index (χ0n) is 7.52. The Morgan fingerprint density at radius 2 is 1.87 bits per heavy atom. The summed E-state index contributed by atoms with van der Waals surface area (Å²) in [4.78, 5) is 7.59. The molecule has 0 saturated heterocycles. The van der Waals surface area contributed by atoms with Gasteiger partial charge in [-0.25, -0.2) is 14.4 Å². The molecule has 0 N–H and O–H groups in total. The first-order valence-corrected chi connectivity index (χ1v) is 4.54. The molecule has 0 aliphatic rings. The van der Waals surface area contributed by atoms with E-state index < -0.39 is 5.82 Å². The number of hydrogen-bond donors (Lipinski definition) is 0. The second kappa shape index (κ2) is 4.23. The van der Waals surface area contributed by atoms with Crippen molar-refractivity contribution in [1.29, 1.82) is 0 Å². The van der Waals surface area contributed by atoms with Crippen LogP contribution in [0.1, 0.15) is 0 Å². The molecule has 0 aliphatic carbocycles. The summed E-state index contributed by atoms with van der Waals surface area (Å²) in [6.07, 6.45) is 2.85. The Balaban J connectivity index is 2.30. The van der Waals surface area contributed by atoms with E-state index >= 15 is 0 Å². The van der Waals surface area contributed by atoms with E-state index in [0.29, 0.717) is 0 Å². The minimum atomic E-state index is -0.473. The first-order valence-electron chi connectivity index (χ1n) is 4.16. The second-order valence-electron chi connectivity index (χ2n) is 2.68. The molecular weight excluding hydrogens is 219 g/mol. The maximum absolute atomic E-state index is 13.2. The van der Waals surface area contributed by atoms with Gasteiger partial charge in [0.1, 0.15) is 0 Å². The Labute approximate surface area is 90.5 Å². The largest absolute Gasteiger partial charge is 0.433 e. The van der Waals surface area contributed by atoms with Gasteiger partial charge in [0.05, 0.1) is 0 Å². The van der Waals surface area contributed by atoms with Crippen LogP contribution in [-0.2, 0) is 0 Å². The Bertz CT molecular complexity index is 435. The van der Waals surface area contributed by atoms with Crippen molar-refractivity contribution in [2.75, 3.05) is 0 Å². The molecule has 2 aromatic rings. The first kappa shape index (κ1) is 9.86. The highest BCUT2D eigenvalue weighted by atomic mass is 35.5. The lowest BCUT2D eigenvalue weighted by Gasteiger charge is -2.05. The number of nitrogens with zero attached hydrogens (tertiary/aromatic N) is 2. The van der Waals surface area contributed by atoms with Crippen LogP contribution in [0.3, 0.4) is 0 Å². The Morgan fingerprint density at radius 3 is 2.60 bits per heavy atom. The number of rotatable bonds is 2. The molecule has 76 valence electrons. The zero-order valence-corrected chi connectivity index (χ0v) is 8.28. The molecule has 2 rings (SSSR count). The predicted octanol–water partition coefficient (Wildman–Crippen LogP) is 3.06. The molecule has 0 unspecified atom stereocenters. The highest BCUT2D eigenvalue weighted by Gasteiger charge is 2.07. The summed E-state index contributed by atoms with van der Waals surface area (Å²) in [5.74, 6) is -0.316. The highest BCUT2D eigenvalue weighted by Crippen LogP contribution is 2.26. The van der Waals surface area contributed by atoms with Crippen LogP contribution >= 0.6 is 11.6 Å². The number of ether oxygens (including phenoxy) is 1. The molecule has 5 heteroatoms. The normalized spacial score (nSPS) is 10.0. The minimum Gasteiger partial charge on any atom is -0.433 e. The first-order chi connectivity index (χ1) is 7.27. The van der Waals surface area contributed by atoms with Gasteiger partial charge in [-0.2, -0.15) is 0 Å². The average molecular weight is 225 g/mol. The fourth-order valence-electron chi connectivity index (χ4n) is 1.01. The Morgan fingerprint density at radius 1 is 1.13 bits per heavy atom. The van der Waals surface area contributed by atoms with E-state index in [1.807, 2.05) is 0 Å². The summed E-state index contributed by atoms with van der Waals surface area (Å²) in [5, 5.41) is 0.0979. The maximum Gasteiger partial charge on any atom is 0.257 e. The van der Waals surface area contributed by atoms with Crippen LogP contribution in [0.2, 0.25) is 5.15 Å². The van der Waals surface area contributed by atoms with Gasteiger partial charge >= 0.3 is 0 Å². The van der Waals surface area contributed by atoms with Crippen LogP contribution < -0.4 is 4.74 Å². The quantitative estimate of drug-likeness (QED) is 0.786. The Hall–Kier alpha value is -1.68. The van der Waals surface area contributed by atoms with Crippen molar-refractivity contribution in [3.8, 4) is 11.6 Å². The molecule has 0 aliphatic heterocycles. The molecule has 0 amide bonds. The van der Waals surface area contributed by atoms with E-state index in [1.165, 1.54) is 24.5 Å². The molecule has 0 radical (unpaired) electrons. The monoisotopic (exact) mass is 224 g/mol. The number of hydrogen-bond acceptors (Lipinski definition) is 3. The van der Waals surface area contributed by atoms with Gasteiger partial charge in [0.25, 0.3) is 5.88 Å². The summed E-state index contributed by atoms with van der Waals surface area (Å²) in [6, 6.07) is 6.00. The van der Waals surface area contributed by atoms with Crippen LogP contribution in [0.25, 0.3) is 0 Å². The van der Waals surface area contributed by atoms with Gasteiger partial charge in [-0.15, -0.1) is 0 Å². The fraction of sp³-hybridized carbons (Fsp3) is 0. The molecule has 0 atom stereocenters. The van der Waals surface area contributed by atoms with Gasteiger partial charge < -0.3 is 4.74 Å². The molecule has 3 nitrogen and oxygen atoms in total. The van der Waals surface area contributed by atoms with E-state index in [1.54, 1.807) is 12.1 Å². The molecule has 0 bridgehead atoms. The molecule has 1 aromatic carbocycles. The fourth-order valence-corrected chi connectivity index (χ4v) is 1.15. The zero-order chi connectivity index (χ0) is 10.7. The van der Waals surface area contributed by atoms with Crippen molar-refractivity contribution in [3.63, 3.8) is 0 Å². The number of aromatic nitrogens is 2. The van der Waals surface area contributed by atoms with Gasteiger partial charge in [-0.1, -0.05) is 23.7 Å². The lowest BCUT2D eigenvalue weighted by molar-refractivity contribution is 0.426. The second-order valence-corrected chi connectivity index (χ2v) is 3.04. The lowest BCUT2D eigenvalue weighted by Crippen LogP contribution is -1.92. The van der Waals surface area contributed by atoms with Gasteiger partial charge in [0, 0.05) is 12.4 Å². The molecular formula is C10H6ClFN2O. The summed E-state index contributed by atoms with van der Waals surface area (Å²) in [7, 11) is 0. The maximum atomic E-state index is 13.2. The van der Waals surface area contributed by atoms with Crippen molar-refractivity contribution in [3.05, 3.63) is 47.6 Å². The summed E-state index contributed by atoms with van der Waals surface area (Å²) in [6.45, 7) is 0. The van der Waals surface area contributed by atoms with E-state index in [0.717, 1.165) is 0 Å². The summed E-state index contributed by atoms with van der Waals surface area (Å²) < 4.78 is 18.4. The number of halogens is 2. The highest BCUT2D eigenvalue weighted by molar-refractivity contribution is 6.30. The van der Waals surface area contributed by atoms with Crippen LogP contribution in [0.15, 0.2) is 36.7 Å². The predicted molar refractivity (Wildman–Crippen MR) is 53.5 cm³/mol. The smallest absolute Gasteiger partial charge is 0.257 e. The molecule has 1 heterocycles. The van der Waals surface area contributed by atoms with Gasteiger partial charge in [0.2, 0.25) is 0 Å². The van der Waals surface area contributed by atoms with E-state index in [-0.39, 0.29) is 16.8 Å². The van der Waals surface area contributed by atoms with Crippen LogP contribution in [0, 0.1) is 5.82 Å². The van der Waals surface area contributed by atoms with Gasteiger partial charge in [-0.05, 0) is 12.1 Å². The van der Waals surface area contributed by atoms with Crippen molar-refractivity contribution in [2.24, 2.45) is 0 Å². The van der Waals surface area contributed by atoms with Crippen molar-refractivity contribution >= 4 is 11.6 Å². The van der Waals surface area contributed by atoms with Gasteiger partial charge in [0.15, 0.2) is 16.7 Å². The Kier molecular flexibility index (Phi) is 2.78. The third kappa shape index (κ3) is 2.22. The third-order valence-electron chi connectivity index (χ3n) is 1.67. The SMILES string of the molecule is Fc1ccccc1Oc1nccnc1Cl. The average Bonchev–Trinajstić information content (AvgIpc) is 2.24. The molecule has 1 aromatic heterocycles. The van der Waals surface area contributed by atoms with Gasteiger partial charge in [-0.3, -0.25) is 0 Å². The minimum absolute atomic E-state index is 0.0694. The van der Waals surface area contributed by atoms with E-state index in [2.05, 4.69) is 9.97 Å². The molecule has 15 heavy (non-hydrogen) atoms. The molecule has 0 spiro atoms. The number of para-hydroxylation sites is 1. The van der Waals surface area contributed by atoms with E-state index in [9.17, 15) is 4.39 Å². The molecule has 0 fully saturated rings.